The summed E-state index contributed by atoms with van der Waals surface area (Å²) >= 11 is 0. The lowest BCUT2D eigenvalue weighted by molar-refractivity contribution is 0.166. The Bertz CT molecular complexity index is 489. The molecule has 0 spiro atoms. The Hall–Kier alpha value is -0.930. The molecule has 162 valence electrons. The number of hydrogen-bond donors (Lipinski definition) is 6. The molecule has 0 bridgehead atoms. The second kappa shape index (κ2) is 10.7. The van der Waals surface area contributed by atoms with E-state index in [1.807, 2.05) is 0 Å². The lowest BCUT2D eigenvalue weighted by Crippen LogP contribution is -2.68. The van der Waals surface area contributed by atoms with Crippen LogP contribution in [0.3, 0.4) is 0 Å². The molecule has 3 rings (SSSR count). The molecule has 1 saturated carbocycles. The smallest absolute Gasteiger partial charge is 0.317 e. The van der Waals surface area contributed by atoms with Crippen molar-refractivity contribution in [3.63, 3.8) is 0 Å². The third kappa shape index (κ3) is 6.84. The van der Waals surface area contributed by atoms with Gasteiger partial charge < -0.3 is 26.2 Å². The molecule has 2 heterocycles. The average Bonchev–Trinajstić information content (AvgIpc) is 2.64. The largest absolute Gasteiger partial charge is 0.335 e. The Balaban J connectivity index is 1.38. The molecule has 6 atom stereocenters. The average molecular weight is 396 g/mol. The zero-order valence-corrected chi connectivity index (χ0v) is 17.9. The normalized spacial score (nSPS) is 36.0. The third-order valence-corrected chi connectivity index (χ3v) is 6.33. The van der Waals surface area contributed by atoms with Gasteiger partial charge in [0.15, 0.2) is 0 Å². The van der Waals surface area contributed by atoms with Crippen LogP contribution in [-0.2, 0) is 0 Å². The van der Waals surface area contributed by atoms with Gasteiger partial charge in [0.2, 0.25) is 0 Å². The second-order valence-electron chi connectivity index (χ2n) is 9.16. The van der Waals surface area contributed by atoms with Crippen molar-refractivity contribution in [2.45, 2.75) is 82.5 Å². The van der Waals surface area contributed by atoms with Gasteiger partial charge in [0.05, 0.1) is 6.17 Å². The molecule has 2 aliphatic heterocycles. The molecule has 8 heteroatoms. The highest BCUT2D eigenvalue weighted by Crippen LogP contribution is 2.30. The Kier molecular flexibility index (Phi) is 8.35. The first-order chi connectivity index (χ1) is 13.5. The van der Waals surface area contributed by atoms with Gasteiger partial charge in [-0.15, -0.1) is 0 Å². The van der Waals surface area contributed by atoms with Crippen LogP contribution in [0.15, 0.2) is 0 Å². The van der Waals surface area contributed by atoms with Gasteiger partial charge >= 0.3 is 6.03 Å². The maximum absolute atomic E-state index is 12.5. The molecule has 6 N–H and O–H groups in total. The van der Waals surface area contributed by atoms with E-state index < -0.39 is 0 Å². The minimum Gasteiger partial charge on any atom is -0.335 e. The van der Waals surface area contributed by atoms with Gasteiger partial charge in [-0.2, -0.15) is 0 Å². The first-order valence-corrected chi connectivity index (χ1v) is 11.2. The molecule has 2 amide bonds. The summed E-state index contributed by atoms with van der Waals surface area (Å²) < 4.78 is 0. The number of amides is 2. The topological polar surface area (TPSA) is 92.5 Å². The van der Waals surface area contributed by atoms with Gasteiger partial charge in [-0.3, -0.25) is 10.6 Å². The van der Waals surface area contributed by atoms with Gasteiger partial charge in [-0.1, -0.05) is 0 Å². The standard InChI is InChI=1S/C20H41N7O/c1-14-12-18(22-10-5-11-27(2)3)25-19(23-14)26-20(28)24-16-7-8-17-15(13-16)6-4-9-21-17/h14-19,21-23,25H,4-13H2,1-3H3,(H2,24,26,28). The first kappa shape index (κ1) is 21.8. The SMILES string of the molecule is CC1CC(NCCCN(C)C)NC(NC(=O)NC2CCC3NCCCC3C2)N1. The fourth-order valence-electron chi connectivity index (χ4n) is 4.91. The number of nitrogens with one attached hydrogen (secondary N) is 6. The van der Waals surface area contributed by atoms with Crippen molar-refractivity contribution in [1.29, 1.82) is 0 Å². The highest BCUT2D eigenvalue weighted by atomic mass is 16.2. The maximum atomic E-state index is 12.5. The summed E-state index contributed by atoms with van der Waals surface area (Å²) in [4.78, 5) is 14.7. The highest BCUT2D eigenvalue weighted by Gasteiger charge is 2.33. The minimum atomic E-state index is -0.206. The van der Waals surface area contributed by atoms with Gasteiger partial charge in [0.1, 0.15) is 6.29 Å². The summed E-state index contributed by atoms with van der Waals surface area (Å²) in [5, 5.41) is 20.4. The second-order valence-corrected chi connectivity index (χ2v) is 9.16. The molecule has 0 aromatic rings. The Labute approximate surface area is 170 Å². The van der Waals surface area contributed by atoms with Crippen molar-refractivity contribution in [3.8, 4) is 0 Å². The number of urea groups is 1. The molecule has 0 radical (unpaired) electrons. The van der Waals surface area contributed by atoms with E-state index in [-0.39, 0.29) is 18.5 Å². The number of hydrogen-bond acceptors (Lipinski definition) is 6. The summed E-state index contributed by atoms with van der Waals surface area (Å²) in [6, 6.07) is 1.23. The summed E-state index contributed by atoms with van der Waals surface area (Å²) in [5.74, 6) is 0.717. The molecule has 3 fully saturated rings. The molecule has 6 unspecified atom stereocenters. The van der Waals surface area contributed by atoms with Crippen molar-refractivity contribution in [2.75, 3.05) is 33.7 Å². The van der Waals surface area contributed by atoms with E-state index in [4.69, 9.17) is 0 Å². The molecule has 0 aromatic carbocycles. The molecule has 2 saturated heterocycles. The van der Waals surface area contributed by atoms with Crippen LogP contribution in [0.2, 0.25) is 0 Å². The predicted molar refractivity (Wildman–Crippen MR) is 113 cm³/mol. The Morgan fingerprint density at radius 1 is 1.11 bits per heavy atom. The fraction of sp³-hybridized carbons (Fsp3) is 0.950. The quantitative estimate of drug-likeness (QED) is 0.348. The summed E-state index contributed by atoms with van der Waals surface area (Å²) in [6.45, 7) is 5.37. The van der Waals surface area contributed by atoms with Gasteiger partial charge in [0.25, 0.3) is 0 Å². The van der Waals surface area contributed by atoms with E-state index in [9.17, 15) is 4.79 Å². The van der Waals surface area contributed by atoms with Crippen LogP contribution in [0, 0.1) is 5.92 Å². The van der Waals surface area contributed by atoms with Crippen LogP contribution >= 0.6 is 0 Å². The van der Waals surface area contributed by atoms with E-state index in [0.29, 0.717) is 18.1 Å². The van der Waals surface area contributed by atoms with Crippen LogP contribution in [0.1, 0.15) is 51.9 Å². The summed E-state index contributed by atoms with van der Waals surface area (Å²) in [6.07, 6.45) is 8.02. The number of carbonyl (C=O) groups excluding carboxylic acids is 1. The molecular formula is C20H41N7O. The lowest BCUT2D eigenvalue weighted by atomic mass is 9.77. The molecular weight excluding hydrogens is 354 g/mol. The zero-order chi connectivity index (χ0) is 19.9. The number of fused-ring (bicyclic) bond motifs is 1. The third-order valence-electron chi connectivity index (χ3n) is 6.33. The van der Waals surface area contributed by atoms with Gasteiger partial charge in [-0.25, -0.2) is 4.79 Å². The Morgan fingerprint density at radius 2 is 1.96 bits per heavy atom. The molecule has 3 aliphatic rings. The van der Waals surface area contributed by atoms with E-state index in [2.05, 4.69) is 57.8 Å². The number of piperidine rings is 1. The Morgan fingerprint density at radius 3 is 2.79 bits per heavy atom. The maximum Gasteiger partial charge on any atom is 0.317 e. The number of nitrogens with zero attached hydrogens (tertiary/aromatic N) is 1. The summed E-state index contributed by atoms with van der Waals surface area (Å²) in [7, 11) is 4.20. The zero-order valence-electron chi connectivity index (χ0n) is 17.9. The van der Waals surface area contributed by atoms with Crippen molar-refractivity contribution in [3.05, 3.63) is 0 Å². The van der Waals surface area contributed by atoms with Crippen LogP contribution < -0.4 is 31.9 Å². The van der Waals surface area contributed by atoms with Crippen LogP contribution in [-0.4, -0.2) is 75.2 Å². The van der Waals surface area contributed by atoms with Crippen molar-refractivity contribution < 1.29 is 4.79 Å². The van der Waals surface area contributed by atoms with Crippen LogP contribution in [0.4, 0.5) is 4.79 Å². The van der Waals surface area contributed by atoms with Crippen molar-refractivity contribution in [1.82, 2.24) is 36.8 Å². The molecule has 8 nitrogen and oxygen atoms in total. The molecule has 28 heavy (non-hydrogen) atoms. The molecule has 1 aliphatic carbocycles. The monoisotopic (exact) mass is 395 g/mol. The van der Waals surface area contributed by atoms with Gasteiger partial charge in [-0.05, 0) is 91.5 Å². The van der Waals surface area contributed by atoms with Crippen LogP contribution in [0.25, 0.3) is 0 Å². The highest BCUT2D eigenvalue weighted by molar-refractivity contribution is 5.74. The molecule has 0 aromatic heterocycles. The van der Waals surface area contributed by atoms with E-state index in [1.54, 1.807) is 0 Å². The van der Waals surface area contributed by atoms with Crippen LogP contribution in [0.5, 0.6) is 0 Å². The van der Waals surface area contributed by atoms with E-state index in [1.165, 1.54) is 19.3 Å². The first-order valence-electron chi connectivity index (χ1n) is 11.2. The van der Waals surface area contributed by atoms with Crippen molar-refractivity contribution >= 4 is 6.03 Å². The number of rotatable bonds is 7. The fourth-order valence-corrected chi connectivity index (χ4v) is 4.91. The lowest BCUT2D eigenvalue weighted by Gasteiger charge is -2.40. The minimum absolute atomic E-state index is 0.0716. The van der Waals surface area contributed by atoms with Crippen molar-refractivity contribution in [2.24, 2.45) is 5.92 Å². The predicted octanol–water partition coefficient (Wildman–Crippen LogP) is 0.329. The van der Waals surface area contributed by atoms with Gasteiger partial charge in [0, 0.05) is 18.1 Å². The van der Waals surface area contributed by atoms with E-state index in [0.717, 1.165) is 51.2 Å². The van der Waals surface area contributed by atoms with E-state index >= 15 is 0 Å². The summed E-state index contributed by atoms with van der Waals surface area (Å²) in [5.41, 5.74) is 0. The number of carbonyl (C=O) groups is 1.